The van der Waals surface area contributed by atoms with E-state index in [1.165, 1.54) is 24.8 Å². The third-order valence-corrected chi connectivity index (χ3v) is 8.27. The van der Waals surface area contributed by atoms with Crippen LogP contribution in [0.15, 0.2) is 54.7 Å². The first kappa shape index (κ1) is 34.5. The van der Waals surface area contributed by atoms with Gasteiger partial charge >= 0.3 is 18.2 Å². The molecule has 12 heteroatoms. The number of halogens is 4. The summed E-state index contributed by atoms with van der Waals surface area (Å²) in [7, 11) is 3.74. The Morgan fingerprint density at radius 2 is 1.76 bits per heavy atom. The zero-order valence-electron chi connectivity index (χ0n) is 26.9. The number of rotatable bonds is 10. The number of amides is 1. The highest BCUT2D eigenvalue weighted by atomic mass is 19.4. The van der Waals surface area contributed by atoms with Crippen molar-refractivity contribution in [3.63, 3.8) is 0 Å². The van der Waals surface area contributed by atoms with E-state index < -0.39 is 48.0 Å². The van der Waals surface area contributed by atoms with Gasteiger partial charge in [0, 0.05) is 26.7 Å². The molecule has 2 aromatic carbocycles. The van der Waals surface area contributed by atoms with E-state index in [4.69, 9.17) is 4.74 Å². The standard InChI is InChI=1S/C34H40F4N4O4/c1-7-25-16-29(27-12-21(2)8-10-28(27)42(25)32(45)46-20-33(3,4)31(43)44)41(30-11-9-26(18-39-30)40(5)6)19-23-13-22(17-35)14-24(15-23)34(36,37)38/h8-15,18,25,29H,7,16-17,19-20H2,1-6H3,(H,43,44)/t25-,29+/m1/s1. The number of aryl methyl sites for hydroxylation is 1. The van der Waals surface area contributed by atoms with Crippen molar-refractivity contribution in [1.82, 2.24) is 4.98 Å². The summed E-state index contributed by atoms with van der Waals surface area (Å²) < 4.78 is 60.8. The second-order valence-electron chi connectivity index (χ2n) is 12.6. The Hall–Kier alpha value is -4.35. The van der Waals surface area contributed by atoms with Crippen LogP contribution in [0.2, 0.25) is 0 Å². The summed E-state index contributed by atoms with van der Waals surface area (Å²) in [5.41, 5.74) is 0.964. The molecule has 8 nitrogen and oxygen atoms in total. The summed E-state index contributed by atoms with van der Waals surface area (Å²) in [4.78, 5) is 35.2. The molecule has 0 radical (unpaired) electrons. The van der Waals surface area contributed by atoms with Gasteiger partial charge in [0.15, 0.2) is 0 Å². The van der Waals surface area contributed by atoms with Gasteiger partial charge in [-0.25, -0.2) is 14.2 Å². The van der Waals surface area contributed by atoms with Crippen LogP contribution in [-0.4, -0.2) is 48.9 Å². The summed E-state index contributed by atoms with van der Waals surface area (Å²) in [6, 6.07) is 11.7. The number of hydrogen-bond donors (Lipinski definition) is 1. The number of carbonyl (C=O) groups is 2. The Morgan fingerprint density at radius 3 is 2.33 bits per heavy atom. The predicted molar refractivity (Wildman–Crippen MR) is 169 cm³/mol. The van der Waals surface area contributed by atoms with E-state index in [1.54, 1.807) is 18.3 Å². The topological polar surface area (TPSA) is 86.2 Å². The molecule has 0 aliphatic carbocycles. The number of hydrogen-bond acceptors (Lipinski definition) is 6. The number of carboxylic acids is 1. The quantitative estimate of drug-likeness (QED) is 0.224. The number of ether oxygens (including phenoxy) is 1. The largest absolute Gasteiger partial charge is 0.481 e. The highest BCUT2D eigenvalue weighted by Gasteiger charge is 2.40. The van der Waals surface area contributed by atoms with E-state index in [9.17, 15) is 32.3 Å². The Labute approximate surface area is 266 Å². The zero-order chi connectivity index (χ0) is 34.0. The third kappa shape index (κ3) is 7.54. The van der Waals surface area contributed by atoms with E-state index in [0.717, 1.165) is 28.9 Å². The van der Waals surface area contributed by atoms with Gasteiger partial charge in [0.25, 0.3) is 0 Å². The van der Waals surface area contributed by atoms with Crippen LogP contribution in [0.25, 0.3) is 0 Å². The molecule has 0 saturated heterocycles. The number of alkyl halides is 4. The second-order valence-corrected chi connectivity index (χ2v) is 12.6. The van der Waals surface area contributed by atoms with Gasteiger partial charge in [-0.1, -0.05) is 30.7 Å². The molecule has 248 valence electrons. The zero-order valence-corrected chi connectivity index (χ0v) is 26.9. The van der Waals surface area contributed by atoms with Crippen molar-refractivity contribution in [2.45, 2.75) is 72.0 Å². The average molecular weight is 645 g/mol. The fourth-order valence-electron chi connectivity index (χ4n) is 5.57. The molecule has 0 spiro atoms. The van der Waals surface area contributed by atoms with Gasteiger partial charge < -0.3 is 19.6 Å². The van der Waals surface area contributed by atoms with Gasteiger partial charge in [0.05, 0.1) is 34.6 Å². The smallest absolute Gasteiger partial charge is 0.416 e. The maximum Gasteiger partial charge on any atom is 0.416 e. The fraction of sp³-hybridized carbons (Fsp3) is 0.441. The molecule has 1 aromatic heterocycles. The molecule has 2 atom stereocenters. The van der Waals surface area contributed by atoms with Gasteiger partial charge in [-0.3, -0.25) is 9.69 Å². The summed E-state index contributed by atoms with van der Waals surface area (Å²) in [5.74, 6) is -0.604. The first-order valence-electron chi connectivity index (χ1n) is 15.0. The SMILES string of the molecule is CC[C@@H]1C[C@H](N(Cc2cc(CF)cc(C(F)(F)F)c2)c2ccc(N(C)C)cn2)c2cc(C)ccc2N1C(=O)OCC(C)(C)C(=O)O. The first-order valence-corrected chi connectivity index (χ1v) is 15.0. The molecule has 0 unspecified atom stereocenters. The van der Waals surface area contributed by atoms with Crippen LogP contribution in [0.1, 0.15) is 67.5 Å². The van der Waals surface area contributed by atoms with Crippen molar-refractivity contribution in [3.8, 4) is 0 Å². The molecule has 2 heterocycles. The Morgan fingerprint density at radius 1 is 1.07 bits per heavy atom. The van der Waals surface area contributed by atoms with Crippen LogP contribution >= 0.6 is 0 Å². The molecule has 1 amide bonds. The van der Waals surface area contributed by atoms with Crippen LogP contribution in [0.5, 0.6) is 0 Å². The predicted octanol–water partition coefficient (Wildman–Crippen LogP) is 7.93. The Bertz CT molecular complexity index is 1560. The molecule has 1 aliphatic heterocycles. The molecular weight excluding hydrogens is 604 g/mol. The minimum absolute atomic E-state index is 0.0169. The van der Waals surface area contributed by atoms with Gasteiger partial charge in [-0.15, -0.1) is 0 Å². The molecule has 4 rings (SSSR count). The maximum absolute atomic E-state index is 13.8. The van der Waals surface area contributed by atoms with E-state index in [0.29, 0.717) is 24.3 Å². The number of carboxylic acid groups (broad SMARTS) is 1. The summed E-state index contributed by atoms with van der Waals surface area (Å²) in [6.45, 7) is 5.35. The molecule has 46 heavy (non-hydrogen) atoms. The molecule has 3 aromatic rings. The molecule has 0 fully saturated rings. The lowest BCUT2D eigenvalue weighted by Gasteiger charge is -2.44. The maximum atomic E-state index is 13.8. The summed E-state index contributed by atoms with van der Waals surface area (Å²) in [6.07, 6.45) is -2.79. The molecular formula is C34H40F4N4O4. The van der Waals surface area contributed by atoms with Crippen LogP contribution < -0.4 is 14.7 Å². The summed E-state index contributed by atoms with van der Waals surface area (Å²) in [5, 5.41) is 9.52. The minimum atomic E-state index is -4.66. The average Bonchev–Trinajstić information content (AvgIpc) is 3.01. The van der Waals surface area contributed by atoms with Gasteiger partial charge in [-0.2, -0.15) is 13.2 Å². The number of aliphatic carboxylic acids is 1. The van der Waals surface area contributed by atoms with Crippen LogP contribution in [0.4, 0.5) is 39.5 Å². The molecule has 1 N–H and O–H groups in total. The lowest BCUT2D eigenvalue weighted by molar-refractivity contribution is -0.149. The van der Waals surface area contributed by atoms with Gasteiger partial charge in [0.2, 0.25) is 0 Å². The third-order valence-electron chi connectivity index (χ3n) is 8.27. The van der Waals surface area contributed by atoms with E-state index in [2.05, 4.69) is 4.98 Å². The number of carbonyl (C=O) groups excluding carboxylic acids is 1. The molecule has 0 bridgehead atoms. The number of fused-ring (bicyclic) bond motifs is 1. The normalized spacial score (nSPS) is 16.5. The summed E-state index contributed by atoms with van der Waals surface area (Å²) >= 11 is 0. The highest BCUT2D eigenvalue weighted by Crippen LogP contribution is 2.44. The number of anilines is 3. The van der Waals surface area contributed by atoms with Crippen molar-refractivity contribution < 1.29 is 37.0 Å². The van der Waals surface area contributed by atoms with E-state index in [-0.39, 0.29) is 24.3 Å². The highest BCUT2D eigenvalue weighted by molar-refractivity contribution is 5.91. The number of benzene rings is 2. The molecule has 0 saturated carbocycles. The van der Waals surface area contributed by atoms with Crippen LogP contribution in [0, 0.1) is 12.3 Å². The molecule has 1 aliphatic rings. The van der Waals surface area contributed by atoms with Crippen molar-refractivity contribution in [1.29, 1.82) is 0 Å². The van der Waals surface area contributed by atoms with Gasteiger partial charge in [0.1, 0.15) is 19.1 Å². The van der Waals surface area contributed by atoms with E-state index in [1.807, 2.05) is 55.9 Å². The van der Waals surface area contributed by atoms with E-state index >= 15 is 0 Å². The van der Waals surface area contributed by atoms with Crippen LogP contribution in [0.3, 0.4) is 0 Å². The first-order chi connectivity index (χ1) is 21.5. The second kappa shape index (κ2) is 13.6. The Balaban J connectivity index is 1.83. The van der Waals surface area contributed by atoms with Crippen LogP contribution in [-0.2, 0) is 28.9 Å². The fourth-order valence-corrected chi connectivity index (χ4v) is 5.57. The van der Waals surface area contributed by atoms with Crippen molar-refractivity contribution in [3.05, 3.63) is 82.5 Å². The monoisotopic (exact) mass is 644 g/mol. The van der Waals surface area contributed by atoms with Crippen molar-refractivity contribution >= 4 is 29.3 Å². The Kier molecular flexibility index (Phi) is 10.2. The van der Waals surface area contributed by atoms with Crippen molar-refractivity contribution in [2.24, 2.45) is 5.41 Å². The number of aromatic nitrogens is 1. The lowest BCUT2D eigenvalue weighted by Crippen LogP contribution is -2.48. The van der Waals surface area contributed by atoms with Gasteiger partial charge in [-0.05, 0) is 80.6 Å². The number of pyridine rings is 1. The van der Waals surface area contributed by atoms with Crippen molar-refractivity contribution in [2.75, 3.05) is 35.4 Å². The minimum Gasteiger partial charge on any atom is -0.481 e. The lowest BCUT2D eigenvalue weighted by atomic mass is 9.87. The number of nitrogens with zero attached hydrogens (tertiary/aromatic N) is 4.